The number of carbonyl (C=O) groups excluding carboxylic acids is 1. The highest BCUT2D eigenvalue weighted by molar-refractivity contribution is 7.99. The van der Waals surface area contributed by atoms with Gasteiger partial charge in [-0.15, -0.1) is 0 Å². The second-order valence-electron chi connectivity index (χ2n) is 6.53. The first kappa shape index (κ1) is 17.5. The SMILES string of the molecule is CC(C)CNC(=O)c1nc2c([nH]1)N=C(c1ccc(F)cc1)c1occc1S2. The number of imidazole rings is 1. The number of amides is 1. The lowest BCUT2D eigenvalue weighted by Crippen LogP contribution is -2.28. The Morgan fingerprint density at radius 1 is 1.30 bits per heavy atom. The minimum atomic E-state index is -0.326. The number of hydrogen-bond donors (Lipinski definition) is 2. The van der Waals surface area contributed by atoms with E-state index in [1.54, 1.807) is 18.4 Å². The van der Waals surface area contributed by atoms with Crippen molar-refractivity contribution in [2.24, 2.45) is 10.9 Å². The van der Waals surface area contributed by atoms with Gasteiger partial charge in [-0.05, 0) is 36.2 Å². The molecule has 0 aliphatic carbocycles. The lowest BCUT2D eigenvalue weighted by atomic mass is 10.1. The van der Waals surface area contributed by atoms with Crippen molar-refractivity contribution in [3.05, 3.63) is 59.6 Å². The van der Waals surface area contributed by atoms with E-state index in [1.807, 2.05) is 19.9 Å². The smallest absolute Gasteiger partial charge is 0.287 e. The normalized spacial score (nSPS) is 13.0. The van der Waals surface area contributed by atoms with Crippen molar-refractivity contribution >= 4 is 29.2 Å². The molecule has 4 rings (SSSR count). The third-order valence-corrected chi connectivity index (χ3v) is 4.95. The molecule has 0 atom stereocenters. The van der Waals surface area contributed by atoms with Crippen LogP contribution in [0.4, 0.5) is 10.2 Å². The van der Waals surface area contributed by atoms with Crippen molar-refractivity contribution in [2.45, 2.75) is 23.8 Å². The van der Waals surface area contributed by atoms with Crippen LogP contribution in [0.3, 0.4) is 0 Å². The molecule has 138 valence electrons. The fourth-order valence-electron chi connectivity index (χ4n) is 2.60. The number of H-pyrrole nitrogens is 1. The van der Waals surface area contributed by atoms with Crippen LogP contribution < -0.4 is 5.32 Å². The lowest BCUT2D eigenvalue weighted by molar-refractivity contribution is 0.0939. The van der Waals surface area contributed by atoms with E-state index in [0.29, 0.717) is 40.3 Å². The average Bonchev–Trinajstić information content (AvgIpc) is 3.23. The van der Waals surface area contributed by atoms with Crippen LogP contribution >= 0.6 is 11.8 Å². The summed E-state index contributed by atoms with van der Waals surface area (Å²) in [5.74, 6) is 1.01. The fourth-order valence-corrected chi connectivity index (χ4v) is 3.50. The molecule has 2 N–H and O–H groups in total. The van der Waals surface area contributed by atoms with Crippen LogP contribution in [0, 0.1) is 11.7 Å². The first-order chi connectivity index (χ1) is 13.0. The first-order valence-corrected chi connectivity index (χ1v) is 9.31. The Balaban J connectivity index is 1.74. The standard InChI is InChI=1S/C19H17FN4O2S/c1-10(2)9-21-18(25)16-23-17-19(24-16)27-13-7-8-26-15(13)14(22-17)11-3-5-12(20)6-4-11/h3-8,10H,9H2,1-2H3,(H,21,25)(H,23,24). The molecule has 27 heavy (non-hydrogen) atoms. The third-order valence-electron chi connectivity index (χ3n) is 3.93. The number of fused-ring (bicyclic) bond motifs is 2. The largest absolute Gasteiger partial charge is 0.461 e. The zero-order chi connectivity index (χ0) is 19.0. The Hall–Kier alpha value is -2.87. The van der Waals surface area contributed by atoms with Gasteiger partial charge in [0.2, 0.25) is 0 Å². The minimum Gasteiger partial charge on any atom is -0.461 e. The number of rotatable bonds is 4. The monoisotopic (exact) mass is 384 g/mol. The molecule has 0 fully saturated rings. The summed E-state index contributed by atoms with van der Waals surface area (Å²) >= 11 is 1.37. The second-order valence-corrected chi connectivity index (χ2v) is 7.56. The molecule has 0 saturated carbocycles. The quantitative estimate of drug-likeness (QED) is 0.553. The van der Waals surface area contributed by atoms with Gasteiger partial charge in [-0.2, -0.15) is 0 Å². The molecule has 8 heteroatoms. The predicted molar refractivity (Wildman–Crippen MR) is 100 cm³/mol. The second kappa shape index (κ2) is 7.03. The Morgan fingerprint density at radius 2 is 2.07 bits per heavy atom. The highest BCUT2D eigenvalue weighted by Crippen LogP contribution is 2.40. The van der Waals surface area contributed by atoms with E-state index in [0.717, 1.165) is 4.90 Å². The van der Waals surface area contributed by atoms with Gasteiger partial charge in [-0.3, -0.25) is 4.79 Å². The Labute approximate surface area is 159 Å². The average molecular weight is 384 g/mol. The highest BCUT2D eigenvalue weighted by atomic mass is 32.2. The molecule has 1 aromatic carbocycles. The number of aromatic nitrogens is 2. The van der Waals surface area contributed by atoms with Crippen LogP contribution in [0.25, 0.3) is 0 Å². The Kier molecular flexibility index (Phi) is 4.57. The molecular formula is C19H17FN4O2S. The van der Waals surface area contributed by atoms with Gasteiger partial charge < -0.3 is 14.7 Å². The van der Waals surface area contributed by atoms with Crippen molar-refractivity contribution in [3.8, 4) is 0 Å². The number of aromatic amines is 1. The molecule has 0 spiro atoms. The molecule has 0 radical (unpaired) electrons. The van der Waals surface area contributed by atoms with Crippen molar-refractivity contribution in [2.75, 3.05) is 6.54 Å². The number of benzene rings is 1. The van der Waals surface area contributed by atoms with E-state index in [1.165, 1.54) is 23.9 Å². The number of halogens is 1. The predicted octanol–water partition coefficient (Wildman–Crippen LogP) is 4.16. The lowest BCUT2D eigenvalue weighted by Gasteiger charge is -2.05. The van der Waals surface area contributed by atoms with Gasteiger partial charge in [-0.25, -0.2) is 14.4 Å². The molecule has 1 amide bonds. The molecule has 0 unspecified atom stereocenters. The van der Waals surface area contributed by atoms with Crippen LogP contribution in [0.15, 0.2) is 55.9 Å². The summed E-state index contributed by atoms with van der Waals surface area (Å²) in [6, 6.07) is 7.85. The fraction of sp³-hybridized carbons (Fsp3) is 0.211. The number of furan rings is 1. The van der Waals surface area contributed by atoms with Crippen LogP contribution in [0.5, 0.6) is 0 Å². The van der Waals surface area contributed by atoms with Crippen molar-refractivity contribution in [1.29, 1.82) is 0 Å². The summed E-state index contributed by atoms with van der Waals surface area (Å²) in [6.45, 7) is 4.60. The number of aliphatic imine (C=N–C) groups is 1. The summed E-state index contributed by atoms with van der Waals surface area (Å²) in [7, 11) is 0. The van der Waals surface area contributed by atoms with Gasteiger partial charge in [-0.1, -0.05) is 25.6 Å². The zero-order valence-electron chi connectivity index (χ0n) is 14.7. The number of nitrogens with zero attached hydrogens (tertiary/aromatic N) is 2. The summed E-state index contributed by atoms with van der Waals surface area (Å²) in [5.41, 5.74) is 1.26. The van der Waals surface area contributed by atoms with Gasteiger partial charge >= 0.3 is 0 Å². The summed E-state index contributed by atoms with van der Waals surface area (Å²) in [4.78, 5) is 25.2. The van der Waals surface area contributed by atoms with Crippen LogP contribution in [-0.2, 0) is 0 Å². The zero-order valence-corrected chi connectivity index (χ0v) is 15.6. The maximum atomic E-state index is 13.3. The summed E-state index contributed by atoms with van der Waals surface area (Å²) in [5, 5.41) is 3.42. The molecule has 1 aliphatic heterocycles. The van der Waals surface area contributed by atoms with Gasteiger partial charge in [0.05, 0.1) is 11.2 Å². The molecule has 2 aromatic heterocycles. The Morgan fingerprint density at radius 3 is 2.81 bits per heavy atom. The molecule has 0 saturated heterocycles. The van der Waals surface area contributed by atoms with Gasteiger partial charge in [0.25, 0.3) is 5.91 Å². The molecule has 1 aliphatic rings. The van der Waals surface area contributed by atoms with Crippen molar-refractivity contribution in [3.63, 3.8) is 0 Å². The topological polar surface area (TPSA) is 83.3 Å². The summed E-state index contributed by atoms with van der Waals surface area (Å²) in [6.07, 6.45) is 1.57. The van der Waals surface area contributed by atoms with E-state index in [4.69, 9.17) is 4.42 Å². The number of carbonyl (C=O) groups is 1. The molecule has 0 bridgehead atoms. The van der Waals surface area contributed by atoms with Crippen LogP contribution in [-0.4, -0.2) is 28.1 Å². The number of hydrogen-bond acceptors (Lipinski definition) is 5. The molecule has 3 aromatic rings. The van der Waals surface area contributed by atoms with Crippen LogP contribution in [0.1, 0.15) is 35.8 Å². The van der Waals surface area contributed by atoms with E-state index in [-0.39, 0.29) is 17.5 Å². The van der Waals surface area contributed by atoms with E-state index >= 15 is 0 Å². The van der Waals surface area contributed by atoms with E-state index in [9.17, 15) is 9.18 Å². The van der Waals surface area contributed by atoms with Crippen LogP contribution in [0.2, 0.25) is 0 Å². The third kappa shape index (κ3) is 3.52. The summed E-state index contributed by atoms with van der Waals surface area (Å²) < 4.78 is 18.9. The first-order valence-electron chi connectivity index (χ1n) is 8.50. The molecule has 6 nitrogen and oxygen atoms in total. The Bertz CT molecular complexity index is 1020. The molecule has 3 heterocycles. The number of nitrogens with one attached hydrogen (secondary N) is 2. The highest BCUT2D eigenvalue weighted by Gasteiger charge is 2.25. The van der Waals surface area contributed by atoms with Gasteiger partial charge in [0.15, 0.2) is 17.4 Å². The van der Waals surface area contributed by atoms with E-state index in [2.05, 4.69) is 20.3 Å². The van der Waals surface area contributed by atoms with Gasteiger partial charge in [0, 0.05) is 12.1 Å². The van der Waals surface area contributed by atoms with E-state index < -0.39 is 0 Å². The maximum absolute atomic E-state index is 13.3. The minimum absolute atomic E-state index is 0.210. The van der Waals surface area contributed by atoms with Gasteiger partial charge in [0.1, 0.15) is 16.6 Å². The maximum Gasteiger partial charge on any atom is 0.287 e. The van der Waals surface area contributed by atoms with Crippen molar-refractivity contribution in [1.82, 2.24) is 15.3 Å². The van der Waals surface area contributed by atoms with Crippen molar-refractivity contribution < 1.29 is 13.6 Å². The molecular weight excluding hydrogens is 367 g/mol.